The Morgan fingerprint density at radius 3 is 0.875 bits per heavy atom. The van der Waals surface area contributed by atoms with Gasteiger partial charge in [-0.2, -0.15) is 0 Å². The van der Waals surface area contributed by atoms with E-state index in [-0.39, 0.29) is 18.9 Å². The van der Waals surface area contributed by atoms with Crippen molar-refractivity contribution in [3.8, 4) is 0 Å². The van der Waals surface area contributed by atoms with Crippen LogP contribution in [0.15, 0.2) is 0 Å². The van der Waals surface area contributed by atoms with E-state index in [0.29, 0.717) is 12.6 Å². The second-order valence-electron chi connectivity index (χ2n) is 17.2. The van der Waals surface area contributed by atoms with E-state index < -0.39 is 0 Å². The number of unbranched alkanes of at least 4 members (excludes halogenated alkanes) is 22. The second-order valence-corrected chi connectivity index (χ2v) is 17.2. The molecule has 0 saturated carbocycles. The first-order valence-corrected chi connectivity index (χ1v) is 24.4. The van der Waals surface area contributed by atoms with E-state index in [4.69, 9.17) is 19.8 Å². The molecule has 7 heteroatoms. The fourth-order valence-corrected chi connectivity index (χ4v) is 8.22. The minimum atomic E-state index is -0.250. The maximum Gasteiger partial charge on any atom is 0.290 e. The van der Waals surface area contributed by atoms with E-state index in [1.807, 2.05) is 19.0 Å². The number of carboxylic acid groups (broad SMARTS) is 2. The zero-order chi connectivity index (χ0) is 42.2. The van der Waals surface area contributed by atoms with Crippen molar-refractivity contribution in [3.63, 3.8) is 0 Å². The highest BCUT2D eigenvalue weighted by atomic mass is 16.3. The largest absolute Gasteiger partial charge is 0.483 e. The molecule has 0 radical (unpaired) electrons. The van der Waals surface area contributed by atoms with Crippen molar-refractivity contribution in [1.29, 1.82) is 0 Å². The number of likely N-dealkylation sites (N-methyl/N-ethyl adjacent to an activating group) is 1. The number of nitrogens with zero attached hydrogens (tertiary/aromatic N) is 1. The van der Waals surface area contributed by atoms with Gasteiger partial charge >= 0.3 is 0 Å². The molecular weight excluding hydrogens is 697 g/mol. The molecule has 0 bridgehead atoms. The monoisotopic (exact) mass is 797 g/mol. The standard InChI is InChI=1S/C47H96N2O.2CH2O2/c1-7-11-27-35-44(36-28-12-8-2)39-31-23-19-15-17-21-25-33-41-46(48-47(50)43-49(5)6)42-34-26-22-18-16-20-24-32-40-45(37-29-13-9-3)38-30-14-10-4;2*2-1-3/h44-46H,7-43H2,1-6H3,(H,48,50);2*1H,(H,2,3). The van der Waals surface area contributed by atoms with Crippen LogP contribution in [0.25, 0.3) is 0 Å². The molecule has 0 aliphatic carbocycles. The number of hydrogen-bond acceptors (Lipinski definition) is 4. The molecule has 0 aromatic carbocycles. The first kappa shape index (κ1) is 58.7. The molecule has 0 unspecified atom stereocenters. The van der Waals surface area contributed by atoms with Crippen molar-refractivity contribution in [3.05, 3.63) is 0 Å². The van der Waals surface area contributed by atoms with Crippen molar-refractivity contribution >= 4 is 18.9 Å². The van der Waals surface area contributed by atoms with Gasteiger partial charge in [-0.25, -0.2) is 0 Å². The molecule has 0 aromatic rings. The van der Waals surface area contributed by atoms with E-state index in [1.165, 1.54) is 218 Å². The molecule has 0 atom stereocenters. The predicted molar refractivity (Wildman–Crippen MR) is 244 cm³/mol. The molecule has 0 aliphatic rings. The third-order valence-electron chi connectivity index (χ3n) is 11.5. The summed E-state index contributed by atoms with van der Waals surface area (Å²) in [5.41, 5.74) is 0. The summed E-state index contributed by atoms with van der Waals surface area (Å²) in [7, 11) is 3.99. The van der Waals surface area contributed by atoms with Gasteiger partial charge in [-0.1, -0.05) is 246 Å². The normalized spacial score (nSPS) is 11.1. The highest BCUT2D eigenvalue weighted by molar-refractivity contribution is 5.78. The Bertz CT molecular complexity index is 695. The maximum atomic E-state index is 12.6. The molecule has 0 rings (SSSR count). The lowest BCUT2D eigenvalue weighted by molar-refractivity contribution is -0.123. The van der Waals surface area contributed by atoms with E-state index in [1.54, 1.807) is 0 Å². The Morgan fingerprint density at radius 2 is 0.643 bits per heavy atom. The van der Waals surface area contributed by atoms with Gasteiger partial charge in [0.05, 0.1) is 6.54 Å². The topological polar surface area (TPSA) is 107 Å². The summed E-state index contributed by atoms with van der Waals surface area (Å²) in [4.78, 5) is 31.3. The van der Waals surface area contributed by atoms with E-state index in [9.17, 15) is 4.79 Å². The molecule has 3 N–H and O–H groups in total. The number of carbonyl (C=O) groups excluding carboxylic acids is 1. The Balaban J connectivity index is -0.00000437. The quantitative estimate of drug-likeness (QED) is 0.0420. The maximum absolute atomic E-state index is 12.6. The van der Waals surface area contributed by atoms with Crippen molar-refractivity contribution < 1.29 is 24.6 Å². The molecular formula is C49H100N2O5. The third kappa shape index (κ3) is 50.4. The first-order valence-electron chi connectivity index (χ1n) is 24.4. The number of rotatable bonds is 41. The second kappa shape index (κ2) is 51.4. The third-order valence-corrected chi connectivity index (χ3v) is 11.5. The van der Waals surface area contributed by atoms with Gasteiger partial charge in [-0.15, -0.1) is 0 Å². The van der Waals surface area contributed by atoms with Crippen LogP contribution in [-0.4, -0.2) is 60.6 Å². The van der Waals surface area contributed by atoms with Crippen molar-refractivity contribution in [2.45, 2.75) is 265 Å². The number of nitrogens with one attached hydrogen (secondary N) is 1. The summed E-state index contributed by atoms with van der Waals surface area (Å²) in [6.07, 6.45) is 50.3. The van der Waals surface area contributed by atoms with Crippen LogP contribution in [0.1, 0.15) is 259 Å². The molecule has 1 amide bonds. The molecule has 0 saturated heterocycles. The van der Waals surface area contributed by atoms with E-state index in [2.05, 4.69) is 33.0 Å². The predicted octanol–water partition coefficient (Wildman–Crippen LogP) is 14.8. The Labute approximate surface area is 350 Å². The SMILES string of the molecule is CCCCCC(CCCCC)CCCCCCCCCCC(CCCCCCCCCCC(CCCCC)CCCCC)NC(=O)CN(C)C.O=CO.O=CO. The zero-order valence-corrected chi connectivity index (χ0v) is 38.6. The molecule has 0 fully saturated rings. The van der Waals surface area contributed by atoms with Crippen molar-refractivity contribution in [1.82, 2.24) is 10.2 Å². The Morgan fingerprint density at radius 1 is 0.429 bits per heavy atom. The van der Waals surface area contributed by atoms with Gasteiger partial charge in [0.2, 0.25) is 5.91 Å². The number of hydrogen-bond donors (Lipinski definition) is 3. The average molecular weight is 797 g/mol. The lowest BCUT2D eigenvalue weighted by atomic mass is 9.90. The van der Waals surface area contributed by atoms with Gasteiger partial charge in [0.25, 0.3) is 12.9 Å². The van der Waals surface area contributed by atoms with Crippen LogP contribution in [0.3, 0.4) is 0 Å². The van der Waals surface area contributed by atoms with Gasteiger partial charge in [0, 0.05) is 6.04 Å². The molecule has 0 aliphatic heterocycles. The molecule has 0 heterocycles. The average Bonchev–Trinajstić information content (AvgIpc) is 3.16. The molecule has 0 aromatic heterocycles. The van der Waals surface area contributed by atoms with Crippen LogP contribution < -0.4 is 5.32 Å². The van der Waals surface area contributed by atoms with Gasteiger partial charge < -0.3 is 20.4 Å². The minimum Gasteiger partial charge on any atom is -0.483 e. The lowest BCUT2D eigenvalue weighted by Gasteiger charge is -2.20. The number of amides is 1. The van der Waals surface area contributed by atoms with E-state index in [0.717, 1.165) is 24.7 Å². The lowest BCUT2D eigenvalue weighted by Crippen LogP contribution is -2.40. The number of carbonyl (C=O) groups is 3. The zero-order valence-electron chi connectivity index (χ0n) is 38.6. The molecule has 7 nitrogen and oxygen atoms in total. The summed E-state index contributed by atoms with van der Waals surface area (Å²) >= 11 is 0. The van der Waals surface area contributed by atoms with Crippen molar-refractivity contribution in [2.24, 2.45) is 11.8 Å². The fraction of sp³-hybridized carbons (Fsp3) is 0.939. The van der Waals surface area contributed by atoms with Crippen LogP contribution >= 0.6 is 0 Å². The summed E-state index contributed by atoms with van der Waals surface area (Å²) in [5.74, 6) is 2.20. The van der Waals surface area contributed by atoms with Crippen molar-refractivity contribution in [2.75, 3.05) is 20.6 Å². The van der Waals surface area contributed by atoms with Gasteiger partial charge in [-0.05, 0) is 38.8 Å². The summed E-state index contributed by atoms with van der Waals surface area (Å²) in [5, 5.41) is 17.2. The smallest absolute Gasteiger partial charge is 0.290 e. The van der Waals surface area contributed by atoms with E-state index >= 15 is 0 Å². The highest BCUT2D eigenvalue weighted by Gasteiger charge is 2.13. The molecule has 56 heavy (non-hydrogen) atoms. The fourth-order valence-electron chi connectivity index (χ4n) is 8.22. The van der Waals surface area contributed by atoms with Gasteiger partial charge in [0.15, 0.2) is 0 Å². The summed E-state index contributed by atoms with van der Waals surface area (Å²) in [6.45, 7) is 9.33. The van der Waals surface area contributed by atoms with Crippen LogP contribution in [0.4, 0.5) is 0 Å². The van der Waals surface area contributed by atoms with Gasteiger partial charge in [0.1, 0.15) is 0 Å². The van der Waals surface area contributed by atoms with Gasteiger partial charge in [-0.3, -0.25) is 14.4 Å². The summed E-state index contributed by atoms with van der Waals surface area (Å²) < 4.78 is 0. The molecule has 0 spiro atoms. The Kier molecular flexibility index (Phi) is 53.9. The first-order chi connectivity index (χ1) is 27.3. The highest BCUT2D eigenvalue weighted by Crippen LogP contribution is 2.25. The Hall–Kier alpha value is -1.63. The van der Waals surface area contributed by atoms with Crippen LogP contribution in [0, 0.1) is 11.8 Å². The minimum absolute atomic E-state index is 0.205. The van der Waals surface area contributed by atoms with Crippen LogP contribution in [-0.2, 0) is 14.4 Å². The van der Waals surface area contributed by atoms with Crippen LogP contribution in [0.2, 0.25) is 0 Å². The summed E-state index contributed by atoms with van der Waals surface area (Å²) in [6, 6.07) is 0.368. The molecule has 336 valence electrons. The van der Waals surface area contributed by atoms with Crippen LogP contribution in [0.5, 0.6) is 0 Å².